The molecule has 142 valence electrons. The summed E-state index contributed by atoms with van der Waals surface area (Å²) < 4.78 is 6.32. The van der Waals surface area contributed by atoms with Crippen LogP contribution >= 0.6 is 15.9 Å². The summed E-state index contributed by atoms with van der Waals surface area (Å²) in [4.78, 5) is 26.8. The predicted molar refractivity (Wildman–Crippen MR) is 104 cm³/mol. The molecule has 9 heteroatoms. The number of nitrogens with two attached hydrogens (primary N) is 1. The minimum atomic E-state index is -0.719. The monoisotopic (exact) mass is 425 g/mol. The highest BCUT2D eigenvalue weighted by Gasteiger charge is 2.26. The largest absolute Gasteiger partial charge is 0.444 e. The number of rotatable bonds is 3. The maximum absolute atomic E-state index is 12.2. The number of nitrogens with one attached hydrogen (secondary N) is 1. The second kappa shape index (κ2) is 8.39. The summed E-state index contributed by atoms with van der Waals surface area (Å²) in [6.07, 6.45) is 1.26. The Morgan fingerprint density at radius 2 is 1.92 bits per heavy atom. The third kappa shape index (κ3) is 5.91. The highest BCUT2D eigenvalue weighted by atomic mass is 79.9. The molecule has 0 unspecified atom stereocenters. The lowest BCUT2D eigenvalue weighted by molar-refractivity contribution is 0.0240. The molecule has 0 spiro atoms. The maximum Gasteiger partial charge on any atom is 0.410 e. The van der Waals surface area contributed by atoms with Crippen LogP contribution in [0.2, 0.25) is 0 Å². The van der Waals surface area contributed by atoms with Gasteiger partial charge in [-0.1, -0.05) is 15.9 Å². The van der Waals surface area contributed by atoms with Crippen LogP contribution in [0.15, 0.2) is 27.8 Å². The van der Waals surface area contributed by atoms with E-state index in [0.29, 0.717) is 26.2 Å². The van der Waals surface area contributed by atoms with Gasteiger partial charge in [0, 0.05) is 41.9 Å². The number of carbonyl (C=O) groups excluding carboxylic acids is 2. The fourth-order valence-corrected chi connectivity index (χ4v) is 2.92. The van der Waals surface area contributed by atoms with Crippen LogP contribution in [0.3, 0.4) is 0 Å². The van der Waals surface area contributed by atoms with Gasteiger partial charge in [0.1, 0.15) is 5.60 Å². The first-order valence-corrected chi connectivity index (χ1v) is 9.06. The number of hydrogen-bond acceptors (Lipinski definition) is 5. The van der Waals surface area contributed by atoms with Gasteiger partial charge < -0.3 is 20.3 Å². The number of nitrogens with zero attached hydrogens (tertiary/aromatic N) is 3. The van der Waals surface area contributed by atoms with E-state index in [-0.39, 0.29) is 6.09 Å². The van der Waals surface area contributed by atoms with Crippen molar-refractivity contribution in [3.8, 4) is 0 Å². The number of carbonyl (C=O) groups is 2. The molecule has 2 rings (SSSR count). The summed E-state index contributed by atoms with van der Waals surface area (Å²) in [6, 6.07) is 5.10. The Bertz CT molecular complexity index is 694. The van der Waals surface area contributed by atoms with Crippen LogP contribution in [-0.2, 0) is 4.74 Å². The topological polar surface area (TPSA) is 100 Å². The number of hydrazone groups is 1. The van der Waals surface area contributed by atoms with Gasteiger partial charge in [-0.15, -0.1) is 0 Å². The van der Waals surface area contributed by atoms with E-state index in [2.05, 4.69) is 31.4 Å². The van der Waals surface area contributed by atoms with Crippen LogP contribution in [-0.4, -0.2) is 55.0 Å². The van der Waals surface area contributed by atoms with Gasteiger partial charge in [-0.2, -0.15) is 5.10 Å². The second-order valence-electron chi connectivity index (χ2n) is 6.89. The molecule has 3 N–H and O–H groups in total. The van der Waals surface area contributed by atoms with Crippen molar-refractivity contribution in [3.05, 3.63) is 28.2 Å². The molecule has 1 aromatic carbocycles. The predicted octanol–water partition coefficient (Wildman–Crippen LogP) is 2.51. The number of hydrogen-bond donors (Lipinski definition) is 2. The molecule has 26 heavy (non-hydrogen) atoms. The fourth-order valence-electron chi connectivity index (χ4n) is 2.54. The zero-order valence-electron chi connectivity index (χ0n) is 15.2. The minimum absolute atomic E-state index is 0.291. The lowest BCUT2D eigenvalue weighted by Crippen LogP contribution is -2.50. The molecule has 0 radical (unpaired) electrons. The van der Waals surface area contributed by atoms with E-state index in [0.717, 1.165) is 15.7 Å². The molecule has 1 fully saturated rings. The van der Waals surface area contributed by atoms with Gasteiger partial charge in [0.15, 0.2) is 0 Å². The molecule has 8 nitrogen and oxygen atoms in total. The molecule has 0 atom stereocenters. The molecule has 1 aliphatic rings. The molecule has 1 saturated heterocycles. The van der Waals surface area contributed by atoms with Crippen LogP contribution in [0, 0.1) is 0 Å². The fraction of sp³-hybridized carbons (Fsp3) is 0.471. The van der Waals surface area contributed by atoms with Crippen molar-refractivity contribution in [1.29, 1.82) is 0 Å². The molecule has 0 saturated carbocycles. The van der Waals surface area contributed by atoms with E-state index < -0.39 is 11.6 Å². The zero-order chi connectivity index (χ0) is 19.3. The van der Waals surface area contributed by atoms with E-state index >= 15 is 0 Å². The second-order valence-corrected chi connectivity index (χ2v) is 7.81. The Labute approximate surface area is 161 Å². The van der Waals surface area contributed by atoms with Crippen molar-refractivity contribution in [1.82, 2.24) is 10.3 Å². The van der Waals surface area contributed by atoms with Gasteiger partial charge in [-0.05, 0) is 39.0 Å². The average Bonchev–Trinajstić information content (AvgIpc) is 2.53. The van der Waals surface area contributed by atoms with Gasteiger partial charge in [0.25, 0.3) is 0 Å². The van der Waals surface area contributed by atoms with E-state index in [1.54, 1.807) is 11.1 Å². The first kappa shape index (κ1) is 20.0. The highest BCUT2D eigenvalue weighted by Crippen LogP contribution is 2.25. The third-order valence-corrected chi connectivity index (χ3v) is 4.13. The minimum Gasteiger partial charge on any atom is -0.444 e. The molecule has 3 amide bonds. The smallest absolute Gasteiger partial charge is 0.410 e. The summed E-state index contributed by atoms with van der Waals surface area (Å²) in [6.45, 7) is 8.05. The number of ether oxygens (including phenoxy) is 1. The highest BCUT2D eigenvalue weighted by molar-refractivity contribution is 9.10. The quantitative estimate of drug-likeness (QED) is 0.573. The van der Waals surface area contributed by atoms with E-state index in [1.165, 1.54) is 0 Å². The lowest BCUT2D eigenvalue weighted by Gasteiger charge is -2.37. The molecular formula is C17H24BrN5O3. The van der Waals surface area contributed by atoms with Crippen LogP contribution in [0.25, 0.3) is 0 Å². The van der Waals surface area contributed by atoms with Crippen LogP contribution in [0.1, 0.15) is 26.3 Å². The van der Waals surface area contributed by atoms with Crippen molar-refractivity contribution < 1.29 is 14.3 Å². The molecule has 0 aromatic heterocycles. The van der Waals surface area contributed by atoms with Gasteiger partial charge in [0.05, 0.1) is 6.21 Å². The summed E-state index contributed by atoms with van der Waals surface area (Å²) in [5.41, 5.74) is 8.51. The van der Waals surface area contributed by atoms with Crippen molar-refractivity contribution in [2.75, 3.05) is 31.1 Å². The number of amides is 3. The van der Waals surface area contributed by atoms with Crippen molar-refractivity contribution >= 4 is 40.0 Å². The summed E-state index contributed by atoms with van der Waals surface area (Å²) >= 11 is 3.44. The molecular weight excluding hydrogens is 402 g/mol. The Hall–Kier alpha value is -2.29. The van der Waals surface area contributed by atoms with Gasteiger partial charge in [0.2, 0.25) is 0 Å². The first-order chi connectivity index (χ1) is 12.2. The Kier molecular flexibility index (Phi) is 6.47. The number of primary amides is 1. The lowest BCUT2D eigenvalue weighted by atomic mass is 10.1. The first-order valence-electron chi connectivity index (χ1n) is 8.26. The van der Waals surface area contributed by atoms with Crippen LogP contribution in [0.5, 0.6) is 0 Å². The van der Waals surface area contributed by atoms with Gasteiger partial charge in [-0.3, -0.25) is 0 Å². The summed E-state index contributed by atoms with van der Waals surface area (Å²) in [5.74, 6) is 0. The third-order valence-electron chi connectivity index (χ3n) is 3.64. The van der Waals surface area contributed by atoms with E-state index in [9.17, 15) is 9.59 Å². The number of anilines is 1. The Morgan fingerprint density at radius 3 is 2.50 bits per heavy atom. The van der Waals surface area contributed by atoms with E-state index in [4.69, 9.17) is 10.5 Å². The number of piperazine rings is 1. The SMILES string of the molecule is CC(C)(C)OC(=O)N1CCN(c2ccc(Br)cc2C=NNC(N)=O)CC1. The number of urea groups is 1. The molecule has 0 bridgehead atoms. The van der Waals surface area contributed by atoms with Crippen molar-refractivity contribution in [2.24, 2.45) is 10.8 Å². The molecule has 1 heterocycles. The summed E-state index contributed by atoms with van der Waals surface area (Å²) in [7, 11) is 0. The molecule has 1 aromatic rings. The van der Waals surface area contributed by atoms with Crippen molar-refractivity contribution in [2.45, 2.75) is 26.4 Å². The number of benzene rings is 1. The standard InChI is InChI=1S/C17H24BrN5O3/c1-17(2,3)26-16(25)23-8-6-22(7-9-23)14-5-4-13(18)10-12(14)11-20-21-15(19)24/h4-5,10-11H,6-9H2,1-3H3,(H3,19,21,24). The Balaban J connectivity index is 2.06. The van der Waals surface area contributed by atoms with Crippen molar-refractivity contribution in [3.63, 3.8) is 0 Å². The molecule has 1 aliphatic heterocycles. The molecule has 0 aliphatic carbocycles. The average molecular weight is 426 g/mol. The van der Waals surface area contributed by atoms with Crippen LogP contribution < -0.4 is 16.1 Å². The summed E-state index contributed by atoms with van der Waals surface area (Å²) in [5, 5.41) is 3.84. The zero-order valence-corrected chi connectivity index (χ0v) is 16.7. The van der Waals surface area contributed by atoms with E-state index in [1.807, 2.05) is 39.0 Å². The van der Waals surface area contributed by atoms with Gasteiger partial charge in [-0.25, -0.2) is 15.0 Å². The number of halogens is 1. The van der Waals surface area contributed by atoms with Gasteiger partial charge >= 0.3 is 12.1 Å². The Morgan fingerprint density at radius 1 is 1.27 bits per heavy atom. The normalized spacial score (nSPS) is 15.2. The van der Waals surface area contributed by atoms with Crippen LogP contribution in [0.4, 0.5) is 15.3 Å². The maximum atomic E-state index is 12.2.